The van der Waals surface area contributed by atoms with Crippen molar-refractivity contribution in [1.29, 1.82) is 0 Å². The van der Waals surface area contributed by atoms with Crippen LogP contribution in [0.5, 0.6) is 0 Å². The maximum atomic E-state index is 13.7. The number of carbonyl (C=O) groups is 1. The number of esters is 1. The Morgan fingerprint density at radius 1 is 0.875 bits per heavy atom. The molecule has 0 unspecified atom stereocenters. The maximum Gasteiger partial charge on any atom is 0.385 e. The van der Waals surface area contributed by atoms with E-state index >= 15 is 0 Å². The van der Waals surface area contributed by atoms with Crippen molar-refractivity contribution < 1.29 is 67.3 Å². The Morgan fingerprint density at radius 2 is 1.34 bits per heavy atom. The molecular weight excluding hydrogens is 480 g/mol. The van der Waals surface area contributed by atoms with Gasteiger partial charge in [0, 0.05) is 0 Å². The van der Waals surface area contributed by atoms with Crippen LogP contribution in [0.2, 0.25) is 0 Å². The molecule has 32 heavy (non-hydrogen) atoms. The summed E-state index contributed by atoms with van der Waals surface area (Å²) >= 11 is 0. The Balaban J connectivity index is 5.94. The third-order valence-electron chi connectivity index (χ3n) is 3.97. The Hall–Kier alpha value is -1.93. The number of unbranched alkanes of at least 4 members (excludes halogenated alkanes) is 1. The zero-order valence-electron chi connectivity index (χ0n) is 16.2. The SMILES string of the molecule is C=C(CO)C(=O)OCCC(F)(F)C(F)(F)C(F)(F)C(F)(F)C(F)(F)C(F)(F)/C=C/CCC. The lowest BCUT2D eigenvalue weighted by molar-refractivity contribution is -0.420. The number of hydrogen-bond acceptors (Lipinski definition) is 3. The third-order valence-corrected chi connectivity index (χ3v) is 3.97. The summed E-state index contributed by atoms with van der Waals surface area (Å²) in [6.07, 6.45) is -3.67. The smallest absolute Gasteiger partial charge is 0.385 e. The number of alkyl halides is 12. The first-order chi connectivity index (χ1) is 14.2. The van der Waals surface area contributed by atoms with Crippen molar-refractivity contribution in [2.45, 2.75) is 61.7 Å². The first kappa shape index (κ1) is 30.1. The molecule has 0 bridgehead atoms. The van der Waals surface area contributed by atoms with Gasteiger partial charge in [-0.15, -0.1) is 0 Å². The second kappa shape index (κ2) is 9.91. The van der Waals surface area contributed by atoms with Gasteiger partial charge in [-0.3, -0.25) is 0 Å². The van der Waals surface area contributed by atoms with E-state index in [4.69, 9.17) is 5.11 Å². The summed E-state index contributed by atoms with van der Waals surface area (Å²) in [5.74, 6) is -43.8. The fraction of sp³-hybridized carbons (Fsp3) is 0.706. The molecule has 0 aromatic rings. The highest BCUT2D eigenvalue weighted by molar-refractivity contribution is 5.87. The van der Waals surface area contributed by atoms with Crippen LogP contribution in [0, 0.1) is 0 Å². The lowest BCUT2D eigenvalue weighted by Gasteiger charge is -2.40. The second-order valence-electron chi connectivity index (χ2n) is 6.46. The minimum atomic E-state index is -7.69. The fourth-order valence-corrected chi connectivity index (χ4v) is 1.93. The summed E-state index contributed by atoms with van der Waals surface area (Å²) in [5, 5.41) is 8.51. The number of hydrogen-bond donors (Lipinski definition) is 1. The molecule has 0 rings (SSSR count). The molecule has 15 heteroatoms. The van der Waals surface area contributed by atoms with E-state index in [0.29, 0.717) is 0 Å². The summed E-state index contributed by atoms with van der Waals surface area (Å²) in [6, 6.07) is 0. The van der Waals surface area contributed by atoms with E-state index in [1.807, 2.05) is 0 Å². The maximum absolute atomic E-state index is 13.7. The van der Waals surface area contributed by atoms with Gasteiger partial charge >= 0.3 is 41.5 Å². The van der Waals surface area contributed by atoms with Gasteiger partial charge < -0.3 is 9.84 Å². The number of rotatable bonds is 13. The van der Waals surface area contributed by atoms with Crippen LogP contribution < -0.4 is 0 Å². The average molecular weight is 498 g/mol. The van der Waals surface area contributed by atoms with Crippen LogP contribution in [0.4, 0.5) is 52.7 Å². The van der Waals surface area contributed by atoms with Gasteiger partial charge in [0.15, 0.2) is 0 Å². The van der Waals surface area contributed by atoms with Gasteiger partial charge in [-0.05, 0) is 12.5 Å². The van der Waals surface area contributed by atoms with E-state index in [9.17, 15) is 57.5 Å². The standard InChI is InChI=1S/C17H18F12O3/c1-3-4-5-6-12(18,19)14(22,23)16(26,27)17(28,29)15(24,25)13(20,21)7-8-32-11(31)10(2)9-30/h5-6,30H,2-4,7-9H2,1H3/b6-5+. The molecule has 0 spiro atoms. The molecular formula is C17H18F12O3. The molecule has 0 saturated heterocycles. The van der Waals surface area contributed by atoms with Gasteiger partial charge in [0.05, 0.1) is 25.2 Å². The number of carbonyl (C=O) groups excluding carboxylic acids is 1. The van der Waals surface area contributed by atoms with E-state index < -0.39 is 79.2 Å². The first-order valence-corrected chi connectivity index (χ1v) is 8.58. The highest BCUT2D eigenvalue weighted by atomic mass is 19.4. The van der Waals surface area contributed by atoms with E-state index in [0.717, 1.165) is 0 Å². The largest absolute Gasteiger partial charge is 0.462 e. The Labute approximate surface area is 173 Å². The van der Waals surface area contributed by atoms with E-state index in [2.05, 4.69) is 11.3 Å². The van der Waals surface area contributed by atoms with Crippen molar-refractivity contribution in [1.82, 2.24) is 0 Å². The molecule has 3 nitrogen and oxygen atoms in total. The van der Waals surface area contributed by atoms with Gasteiger partial charge in [0.1, 0.15) is 0 Å². The summed E-state index contributed by atoms with van der Waals surface area (Å²) in [4.78, 5) is 11.0. The molecule has 0 aliphatic heterocycles. The molecule has 0 aromatic carbocycles. The highest BCUT2D eigenvalue weighted by Gasteiger charge is 2.89. The van der Waals surface area contributed by atoms with Crippen LogP contribution in [0.25, 0.3) is 0 Å². The number of aliphatic hydroxyl groups is 1. The lowest BCUT2D eigenvalue weighted by Crippen LogP contribution is -2.70. The monoisotopic (exact) mass is 498 g/mol. The number of halogens is 12. The van der Waals surface area contributed by atoms with Crippen molar-refractivity contribution in [2.24, 2.45) is 0 Å². The van der Waals surface area contributed by atoms with Gasteiger partial charge in [0.2, 0.25) is 0 Å². The van der Waals surface area contributed by atoms with Crippen LogP contribution in [-0.4, -0.2) is 59.8 Å². The molecule has 0 saturated carbocycles. The lowest BCUT2D eigenvalue weighted by atomic mass is 9.90. The molecule has 0 amide bonds. The summed E-state index contributed by atoms with van der Waals surface area (Å²) < 4.78 is 167. The molecule has 0 fully saturated rings. The normalized spacial score (nSPS) is 14.7. The zero-order chi connectivity index (χ0) is 25.8. The summed E-state index contributed by atoms with van der Waals surface area (Å²) in [6.45, 7) is 1.28. The minimum Gasteiger partial charge on any atom is -0.462 e. The summed E-state index contributed by atoms with van der Waals surface area (Å²) in [7, 11) is 0. The van der Waals surface area contributed by atoms with Crippen molar-refractivity contribution in [3.63, 3.8) is 0 Å². The molecule has 0 aromatic heterocycles. The summed E-state index contributed by atoms with van der Waals surface area (Å²) in [5.41, 5.74) is -0.782. The quantitative estimate of drug-likeness (QED) is 0.155. The predicted octanol–water partition coefficient (Wildman–Crippen LogP) is 5.64. The first-order valence-electron chi connectivity index (χ1n) is 8.58. The van der Waals surface area contributed by atoms with Crippen LogP contribution in [0.15, 0.2) is 24.3 Å². The van der Waals surface area contributed by atoms with Crippen molar-refractivity contribution >= 4 is 5.97 Å². The van der Waals surface area contributed by atoms with Crippen LogP contribution in [0.1, 0.15) is 26.2 Å². The molecule has 0 atom stereocenters. The van der Waals surface area contributed by atoms with Gasteiger partial charge in [-0.1, -0.05) is 26.0 Å². The van der Waals surface area contributed by atoms with Crippen molar-refractivity contribution in [3.8, 4) is 0 Å². The van der Waals surface area contributed by atoms with Gasteiger partial charge in [0.25, 0.3) is 0 Å². The molecule has 0 aliphatic rings. The second-order valence-corrected chi connectivity index (χ2v) is 6.46. The predicted molar refractivity (Wildman–Crippen MR) is 85.5 cm³/mol. The van der Waals surface area contributed by atoms with Crippen molar-refractivity contribution in [3.05, 3.63) is 24.3 Å². The number of allylic oxidation sites excluding steroid dienone is 2. The molecule has 0 heterocycles. The van der Waals surface area contributed by atoms with E-state index in [1.165, 1.54) is 6.92 Å². The number of ether oxygens (including phenoxy) is 1. The van der Waals surface area contributed by atoms with Gasteiger partial charge in [-0.2, -0.15) is 52.7 Å². The Morgan fingerprint density at radius 3 is 1.78 bits per heavy atom. The van der Waals surface area contributed by atoms with E-state index in [1.54, 1.807) is 0 Å². The van der Waals surface area contributed by atoms with Gasteiger partial charge in [-0.25, -0.2) is 4.79 Å². The minimum absolute atomic E-state index is 0.0330. The third kappa shape index (κ3) is 5.34. The van der Waals surface area contributed by atoms with Crippen LogP contribution in [0.3, 0.4) is 0 Å². The fourth-order valence-electron chi connectivity index (χ4n) is 1.93. The zero-order valence-corrected chi connectivity index (χ0v) is 16.2. The van der Waals surface area contributed by atoms with Crippen molar-refractivity contribution in [2.75, 3.05) is 13.2 Å². The molecule has 0 aliphatic carbocycles. The molecule has 1 N–H and O–H groups in total. The average Bonchev–Trinajstić information content (AvgIpc) is 2.66. The van der Waals surface area contributed by atoms with Crippen LogP contribution >= 0.6 is 0 Å². The Kier molecular flexibility index (Phi) is 9.31. The molecule has 188 valence electrons. The highest BCUT2D eigenvalue weighted by Crippen LogP contribution is 2.60. The topological polar surface area (TPSA) is 46.5 Å². The Bertz CT molecular complexity index is 701. The molecule has 0 radical (unpaired) electrons. The van der Waals surface area contributed by atoms with Crippen LogP contribution in [-0.2, 0) is 9.53 Å². The number of aliphatic hydroxyl groups excluding tert-OH is 1. The van der Waals surface area contributed by atoms with E-state index in [-0.39, 0.29) is 12.5 Å².